The second kappa shape index (κ2) is 11.2. The number of methoxy groups -OCH3 is 1. The van der Waals surface area contributed by atoms with Crippen LogP contribution in [0.5, 0.6) is 11.6 Å². The number of hydrogen-bond donors (Lipinski definition) is 3. The number of halogens is 1. The number of rotatable bonds is 7. The number of aromatic nitrogens is 4. The van der Waals surface area contributed by atoms with E-state index < -0.39 is 17.6 Å². The Labute approximate surface area is 246 Å². The summed E-state index contributed by atoms with van der Waals surface area (Å²) in [4.78, 5) is 27.1. The monoisotopic (exact) mass is 574 g/mol. The van der Waals surface area contributed by atoms with Crippen molar-refractivity contribution in [2.45, 2.75) is 13.0 Å². The average molecular weight is 575 g/mol. The third-order valence-electron chi connectivity index (χ3n) is 7.21. The van der Waals surface area contributed by atoms with Crippen LogP contribution < -0.4 is 21.3 Å². The first-order valence-corrected chi connectivity index (χ1v) is 13.5. The van der Waals surface area contributed by atoms with Crippen LogP contribution in [0, 0.1) is 5.82 Å². The molecule has 0 unspecified atom stereocenters. The number of ether oxygens (including phenoxy) is 1. The molecular weight excluding hydrogens is 547 g/mol. The molecule has 0 aliphatic heterocycles. The Bertz CT molecular complexity index is 2030. The summed E-state index contributed by atoms with van der Waals surface area (Å²) in [5.74, 6) is -0.427. The van der Waals surface area contributed by atoms with Gasteiger partial charge in [-0.2, -0.15) is 4.98 Å². The van der Waals surface area contributed by atoms with Gasteiger partial charge in [0.15, 0.2) is 11.6 Å². The maximum absolute atomic E-state index is 14.4. The highest BCUT2D eigenvalue weighted by Gasteiger charge is 2.21. The van der Waals surface area contributed by atoms with E-state index in [0.717, 1.165) is 16.5 Å². The fourth-order valence-electron chi connectivity index (χ4n) is 5.14. The number of hydrogen-bond acceptors (Lipinski definition) is 8. The van der Waals surface area contributed by atoms with Gasteiger partial charge < -0.3 is 20.9 Å². The summed E-state index contributed by atoms with van der Waals surface area (Å²) in [5.41, 5.74) is 9.55. The summed E-state index contributed by atoms with van der Waals surface area (Å²) >= 11 is 0. The van der Waals surface area contributed by atoms with Crippen molar-refractivity contribution < 1.29 is 14.2 Å². The van der Waals surface area contributed by atoms with E-state index in [2.05, 4.69) is 20.3 Å². The van der Waals surface area contributed by atoms with E-state index in [9.17, 15) is 14.3 Å². The minimum absolute atomic E-state index is 0.0223. The molecule has 0 bridgehead atoms. The van der Waals surface area contributed by atoms with E-state index in [0.29, 0.717) is 39.6 Å². The number of nitrogens with zero attached hydrogens (tertiary/aromatic N) is 4. The Morgan fingerprint density at radius 1 is 0.953 bits per heavy atom. The Morgan fingerprint density at radius 3 is 2.51 bits per heavy atom. The van der Waals surface area contributed by atoms with Crippen LogP contribution >= 0.6 is 0 Å². The lowest BCUT2D eigenvalue weighted by Crippen LogP contribution is -2.26. The fraction of sp³-hybridized carbons (Fsp3) is 0.0909. The first-order chi connectivity index (χ1) is 20.8. The van der Waals surface area contributed by atoms with Gasteiger partial charge in [0.1, 0.15) is 5.82 Å². The quantitative estimate of drug-likeness (QED) is 0.208. The summed E-state index contributed by atoms with van der Waals surface area (Å²) in [6.07, 6.45) is 3.14. The van der Waals surface area contributed by atoms with Gasteiger partial charge in [-0.05, 0) is 65.4 Å². The molecule has 0 amide bonds. The number of nitrogens with two attached hydrogens (primary N) is 1. The maximum atomic E-state index is 14.4. The Kier molecular flexibility index (Phi) is 7.17. The lowest BCUT2D eigenvalue weighted by Gasteiger charge is -2.23. The largest absolute Gasteiger partial charge is 0.505 e. The number of fused-ring (bicyclic) bond motifs is 1. The van der Waals surface area contributed by atoms with Crippen LogP contribution in [0.2, 0.25) is 0 Å². The number of aromatic hydroxyl groups is 1. The molecule has 0 spiro atoms. The molecule has 3 aromatic heterocycles. The molecule has 0 radical (unpaired) electrons. The lowest BCUT2D eigenvalue weighted by molar-refractivity contribution is 0.398. The molecule has 4 N–H and O–H groups in total. The first-order valence-electron chi connectivity index (χ1n) is 13.5. The lowest BCUT2D eigenvalue weighted by atomic mass is 9.98. The molecule has 6 aromatic rings. The van der Waals surface area contributed by atoms with Gasteiger partial charge in [0, 0.05) is 35.4 Å². The topological polar surface area (TPSA) is 128 Å². The van der Waals surface area contributed by atoms with Crippen LogP contribution in [0.15, 0.2) is 102 Å². The van der Waals surface area contributed by atoms with Crippen molar-refractivity contribution >= 4 is 22.5 Å². The SMILES string of the molecule is COc1cc(-c2cccc3cc([C@H](C)Nc4nc(N)ncc4-c4ccc(O)c(F)c4)n(-c4ccccc4)c(=O)c23)ccn1. The summed E-state index contributed by atoms with van der Waals surface area (Å²) in [6.45, 7) is 1.90. The van der Waals surface area contributed by atoms with E-state index in [-0.39, 0.29) is 11.5 Å². The minimum atomic E-state index is -0.775. The van der Waals surface area contributed by atoms with Crippen molar-refractivity contribution in [3.63, 3.8) is 0 Å². The molecule has 0 aliphatic carbocycles. The van der Waals surface area contributed by atoms with E-state index in [4.69, 9.17) is 10.5 Å². The number of benzene rings is 3. The molecule has 6 rings (SSSR count). The zero-order chi connectivity index (χ0) is 30.1. The number of phenols is 1. The number of nitrogen functional groups attached to an aromatic ring is 1. The van der Waals surface area contributed by atoms with Crippen molar-refractivity contribution in [1.82, 2.24) is 19.5 Å². The van der Waals surface area contributed by atoms with Crippen molar-refractivity contribution in [3.8, 4) is 39.6 Å². The molecule has 0 saturated heterocycles. The third-order valence-corrected chi connectivity index (χ3v) is 7.21. The Morgan fingerprint density at radius 2 is 1.74 bits per heavy atom. The van der Waals surface area contributed by atoms with E-state index in [1.807, 2.05) is 67.6 Å². The zero-order valence-electron chi connectivity index (χ0n) is 23.3. The molecular formula is C33H27FN6O3. The molecule has 1 atom stereocenters. The van der Waals surface area contributed by atoms with Crippen LogP contribution in [0.25, 0.3) is 38.7 Å². The number of phenolic OH excluding ortho intramolecular Hbond substituents is 1. The van der Waals surface area contributed by atoms with Crippen molar-refractivity contribution in [2.24, 2.45) is 0 Å². The summed E-state index contributed by atoms with van der Waals surface area (Å²) in [6, 6.07) is 24.2. The number of nitrogens with one attached hydrogen (secondary N) is 1. The molecule has 9 nitrogen and oxygen atoms in total. The highest BCUT2D eigenvalue weighted by atomic mass is 19.1. The van der Waals surface area contributed by atoms with Gasteiger partial charge in [-0.3, -0.25) is 9.36 Å². The first kappa shape index (κ1) is 27.4. The van der Waals surface area contributed by atoms with Gasteiger partial charge in [0.2, 0.25) is 11.8 Å². The predicted molar refractivity (Wildman–Crippen MR) is 165 cm³/mol. The Balaban J connectivity index is 1.53. The molecule has 3 heterocycles. The van der Waals surface area contributed by atoms with Crippen LogP contribution in [0.3, 0.4) is 0 Å². The van der Waals surface area contributed by atoms with Gasteiger partial charge in [-0.25, -0.2) is 14.4 Å². The van der Waals surface area contributed by atoms with E-state index in [1.165, 1.54) is 18.3 Å². The molecule has 10 heteroatoms. The van der Waals surface area contributed by atoms with Crippen LogP contribution in [-0.2, 0) is 0 Å². The third kappa shape index (κ3) is 5.21. The van der Waals surface area contributed by atoms with Gasteiger partial charge >= 0.3 is 0 Å². The normalized spacial score (nSPS) is 11.8. The van der Waals surface area contributed by atoms with Gasteiger partial charge in [0.25, 0.3) is 5.56 Å². The molecule has 214 valence electrons. The van der Waals surface area contributed by atoms with E-state index >= 15 is 0 Å². The predicted octanol–water partition coefficient (Wildman–Crippen LogP) is 6.12. The number of para-hydroxylation sites is 1. The van der Waals surface area contributed by atoms with Crippen molar-refractivity contribution in [1.29, 1.82) is 0 Å². The van der Waals surface area contributed by atoms with E-state index in [1.54, 1.807) is 30.0 Å². The van der Waals surface area contributed by atoms with Crippen LogP contribution in [-0.4, -0.2) is 31.7 Å². The molecule has 3 aromatic carbocycles. The fourth-order valence-corrected chi connectivity index (χ4v) is 5.14. The van der Waals surface area contributed by atoms with Crippen molar-refractivity contribution in [3.05, 3.63) is 119 Å². The summed E-state index contributed by atoms with van der Waals surface area (Å²) in [5, 5.41) is 14.3. The van der Waals surface area contributed by atoms with Crippen LogP contribution in [0.1, 0.15) is 18.7 Å². The standard InChI is InChI=1S/C33H27FN6O3/c1-19(38-31-25(18-37-33(35)39-31)20-11-12-28(41)26(34)15-20)27-16-22-7-6-10-24(21-13-14-36-29(17-21)43-2)30(22)32(42)40(27)23-8-4-3-5-9-23/h3-19,41H,1-2H3,(H3,35,37,38,39)/t19-/m0/s1. The van der Waals surface area contributed by atoms with Gasteiger partial charge in [0.05, 0.1) is 18.5 Å². The number of pyridine rings is 2. The number of anilines is 2. The van der Waals surface area contributed by atoms with Gasteiger partial charge in [-0.1, -0.05) is 42.5 Å². The molecule has 0 saturated carbocycles. The van der Waals surface area contributed by atoms with Crippen LogP contribution in [0.4, 0.5) is 16.2 Å². The Hall–Kier alpha value is -5.77. The highest BCUT2D eigenvalue weighted by molar-refractivity contribution is 5.96. The smallest absolute Gasteiger partial charge is 0.263 e. The van der Waals surface area contributed by atoms with Gasteiger partial charge in [-0.15, -0.1) is 0 Å². The molecule has 0 aliphatic rings. The second-order valence-electron chi connectivity index (χ2n) is 9.92. The van der Waals surface area contributed by atoms with Crippen molar-refractivity contribution in [2.75, 3.05) is 18.2 Å². The average Bonchev–Trinajstić information content (AvgIpc) is 3.02. The zero-order valence-corrected chi connectivity index (χ0v) is 23.3. The summed E-state index contributed by atoms with van der Waals surface area (Å²) < 4.78 is 21.2. The second-order valence-corrected chi connectivity index (χ2v) is 9.92. The summed E-state index contributed by atoms with van der Waals surface area (Å²) in [7, 11) is 1.55. The highest BCUT2D eigenvalue weighted by Crippen LogP contribution is 2.34. The molecule has 43 heavy (non-hydrogen) atoms. The molecule has 0 fully saturated rings. The minimum Gasteiger partial charge on any atom is -0.505 e. The maximum Gasteiger partial charge on any atom is 0.263 e.